The number of anilines is 1. The van der Waals surface area contributed by atoms with Crippen LogP contribution in [0.2, 0.25) is 18.1 Å². The summed E-state index contributed by atoms with van der Waals surface area (Å²) in [7, 11) is -1.81. The van der Waals surface area contributed by atoms with E-state index in [1.165, 1.54) is 0 Å². The molecule has 0 bridgehead atoms. The predicted octanol–water partition coefficient (Wildman–Crippen LogP) is 6.15. The van der Waals surface area contributed by atoms with Gasteiger partial charge in [-0.15, -0.1) is 0 Å². The topological polar surface area (TPSA) is 78.8 Å². The summed E-state index contributed by atoms with van der Waals surface area (Å²) in [4.78, 5) is 14.0. The van der Waals surface area contributed by atoms with Crippen LogP contribution < -0.4 is 5.73 Å². The quantitative estimate of drug-likeness (QED) is 0.350. The van der Waals surface area contributed by atoms with Crippen molar-refractivity contribution in [3.63, 3.8) is 0 Å². The number of hydrogen-bond donors (Lipinski definition) is 1. The molecule has 0 saturated carbocycles. The lowest BCUT2D eigenvalue weighted by molar-refractivity contribution is 0.276. The van der Waals surface area contributed by atoms with Crippen LogP contribution in [0.1, 0.15) is 39.0 Å². The Hall–Kier alpha value is -3.03. The number of aryl methyl sites for hydroxylation is 1. The predicted molar refractivity (Wildman–Crippen MR) is 138 cm³/mol. The molecular weight excluding hydrogens is 426 g/mol. The summed E-state index contributed by atoms with van der Waals surface area (Å²) in [5.74, 6) is 1.19. The maximum Gasteiger partial charge on any atom is 0.192 e. The number of pyridine rings is 2. The average Bonchev–Trinajstić information content (AvgIpc) is 3.16. The van der Waals surface area contributed by atoms with Gasteiger partial charge in [-0.3, -0.25) is 4.57 Å². The number of fused-ring (bicyclic) bond motifs is 1. The smallest absolute Gasteiger partial charge is 0.192 e. The van der Waals surface area contributed by atoms with Crippen LogP contribution in [-0.2, 0) is 17.5 Å². The van der Waals surface area contributed by atoms with Gasteiger partial charge in [-0.25, -0.2) is 15.0 Å². The van der Waals surface area contributed by atoms with Crippen LogP contribution in [-0.4, -0.2) is 27.8 Å². The zero-order valence-electron chi connectivity index (χ0n) is 20.4. The van der Waals surface area contributed by atoms with Gasteiger partial charge in [0.25, 0.3) is 0 Å². The Morgan fingerprint density at radius 1 is 1.00 bits per heavy atom. The second-order valence-corrected chi connectivity index (χ2v) is 14.7. The third-order valence-electron chi connectivity index (χ3n) is 6.60. The Labute approximate surface area is 197 Å². The van der Waals surface area contributed by atoms with Crippen molar-refractivity contribution in [3.05, 3.63) is 66.0 Å². The van der Waals surface area contributed by atoms with E-state index in [0.29, 0.717) is 12.4 Å². The van der Waals surface area contributed by atoms with Crippen molar-refractivity contribution in [2.75, 3.05) is 5.73 Å². The summed E-state index contributed by atoms with van der Waals surface area (Å²) in [6.45, 7) is 14.1. The fourth-order valence-corrected chi connectivity index (χ4v) is 4.41. The number of nitrogens with two attached hydrogens (primary N) is 1. The minimum Gasteiger partial charge on any atom is -0.413 e. The number of rotatable bonds is 6. The van der Waals surface area contributed by atoms with Crippen molar-refractivity contribution in [2.24, 2.45) is 0 Å². The highest BCUT2D eigenvalue weighted by Gasteiger charge is 2.37. The van der Waals surface area contributed by atoms with E-state index in [9.17, 15) is 0 Å². The Bertz CT molecular complexity index is 1270. The highest BCUT2D eigenvalue weighted by Crippen LogP contribution is 2.37. The van der Waals surface area contributed by atoms with Crippen LogP contribution in [0.5, 0.6) is 0 Å². The Morgan fingerprint density at radius 3 is 2.36 bits per heavy atom. The summed E-state index contributed by atoms with van der Waals surface area (Å²) in [5, 5.41) is 0.184. The first-order valence-electron chi connectivity index (χ1n) is 11.4. The molecule has 4 rings (SSSR count). The molecule has 0 fully saturated rings. The van der Waals surface area contributed by atoms with Gasteiger partial charge in [-0.2, -0.15) is 0 Å². The van der Waals surface area contributed by atoms with Crippen molar-refractivity contribution in [1.82, 2.24) is 19.5 Å². The van der Waals surface area contributed by atoms with Gasteiger partial charge in [-0.1, -0.05) is 39.8 Å². The summed E-state index contributed by atoms with van der Waals surface area (Å²) in [6.07, 6.45) is 2.55. The first-order valence-corrected chi connectivity index (χ1v) is 14.3. The molecule has 0 radical (unpaired) electrons. The van der Waals surface area contributed by atoms with Crippen LogP contribution in [0.25, 0.3) is 28.2 Å². The van der Waals surface area contributed by atoms with Gasteiger partial charge >= 0.3 is 0 Å². The molecule has 0 atom stereocenters. The van der Waals surface area contributed by atoms with E-state index in [2.05, 4.69) is 74.6 Å². The van der Waals surface area contributed by atoms with Gasteiger partial charge in [-0.05, 0) is 66.5 Å². The number of imidazole rings is 1. The SMILES string of the molecule is CCc1ccc2nc(-c3cccnc3N)n(-c3ccc(CO[Si](C)(C)C(C)(C)C)cc3)c2n1. The zero-order chi connectivity index (χ0) is 23.8. The lowest BCUT2D eigenvalue weighted by Crippen LogP contribution is -2.40. The average molecular weight is 460 g/mol. The van der Waals surface area contributed by atoms with Gasteiger partial charge in [0.05, 0.1) is 12.2 Å². The van der Waals surface area contributed by atoms with Gasteiger partial charge < -0.3 is 10.2 Å². The molecule has 3 heterocycles. The molecule has 2 N–H and O–H groups in total. The highest BCUT2D eigenvalue weighted by atomic mass is 28.4. The van der Waals surface area contributed by atoms with E-state index in [1.54, 1.807) is 6.20 Å². The van der Waals surface area contributed by atoms with Crippen LogP contribution in [0.15, 0.2) is 54.7 Å². The maximum absolute atomic E-state index is 6.40. The molecule has 0 aliphatic carbocycles. The van der Waals surface area contributed by atoms with Crippen molar-refractivity contribution < 1.29 is 4.43 Å². The third kappa shape index (κ3) is 4.56. The number of nitrogens with zero attached hydrogens (tertiary/aromatic N) is 4. The molecule has 0 aliphatic rings. The van der Waals surface area contributed by atoms with Crippen LogP contribution in [0.3, 0.4) is 0 Å². The molecule has 1 aromatic carbocycles. The van der Waals surface area contributed by atoms with Crippen LogP contribution >= 0.6 is 0 Å². The number of nitrogen functional groups attached to an aromatic ring is 1. The van der Waals surface area contributed by atoms with Crippen LogP contribution in [0, 0.1) is 0 Å². The summed E-state index contributed by atoms with van der Waals surface area (Å²) >= 11 is 0. The molecule has 6 nitrogen and oxygen atoms in total. The normalized spacial score (nSPS) is 12.4. The minimum absolute atomic E-state index is 0.184. The van der Waals surface area contributed by atoms with Gasteiger partial charge in [0.15, 0.2) is 19.8 Å². The number of hydrogen-bond acceptors (Lipinski definition) is 5. The van der Waals surface area contributed by atoms with E-state index in [1.807, 2.05) is 24.3 Å². The molecule has 0 aliphatic heterocycles. The van der Waals surface area contributed by atoms with Gasteiger partial charge in [0.1, 0.15) is 11.3 Å². The molecule has 0 amide bonds. The lowest BCUT2D eigenvalue weighted by Gasteiger charge is -2.36. The fourth-order valence-electron chi connectivity index (χ4n) is 3.45. The Kier molecular flexibility index (Phi) is 6.11. The first-order chi connectivity index (χ1) is 15.6. The van der Waals surface area contributed by atoms with E-state index in [-0.39, 0.29) is 5.04 Å². The van der Waals surface area contributed by atoms with Crippen molar-refractivity contribution in [3.8, 4) is 17.1 Å². The molecule has 3 aromatic heterocycles. The highest BCUT2D eigenvalue weighted by molar-refractivity contribution is 6.74. The maximum atomic E-state index is 6.40. The van der Waals surface area contributed by atoms with E-state index in [0.717, 1.165) is 45.9 Å². The molecule has 0 spiro atoms. The van der Waals surface area contributed by atoms with Gasteiger partial charge in [0, 0.05) is 17.6 Å². The van der Waals surface area contributed by atoms with Crippen molar-refractivity contribution >= 4 is 25.3 Å². The molecule has 0 unspecified atom stereocenters. The zero-order valence-corrected chi connectivity index (χ0v) is 21.4. The number of aromatic nitrogens is 4. The Balaban J connectivity index is 1.76. The van der Waals surface area contributed by atoms with Gasteiger partial charge in [0.2, 0.25) is 0 Å². The molecule has 7 heteroatoms. The second kappa shape index (κ2) is 8.72. The van der Waals surface area contributed by atoms with Crippen molar-refractivity contribution in [1.29, 1.82) is 0 Å². The fraction of sp³-hybridized carbons (Fsp3) is 0.346. The first kappa shape index (κ1) is 23.1. The molecule has 172 valence electrons. The lowest BCUT2D eigenvalue weighted by atomic mass is 10.2. The monoisotopic (exact) mass is 459 g/mol. The van der Waals surface area contributed by atoms with E-state index < -0.39 is 8.32 Å². The largest absolute Gasteiger partial charge is 0.413 e. The van der Waals surface area contributed by atoms with E-state index in [4.69, 9.17) is 20.1 Å². The second-order valence-electron chi connectivity index (χ2n) is 9.92. The molecule has 33 heavy (non-hydrogen) atoms. The molecule has 0 saturated heterocycles. The third-order valence-corrected chi connectivity index (χ3v) is 11.1. The summed E-state index contributed by atoms with van der Waals surface area (Å²) in [6, 6.07) is 16.3. The number of benzene rings is 1. The summed E-state index contributed by atoms with van der Waals surface area (Å²) in [5.41, 5.74) is 11.8. The molecular formula is C26H33N5OSi. The summed E-state index contributed by atoms with van der Waals surface area (Å²) < 4.78 is 8.47. The van der Waals surface area contributed by atoms with E-state index >= 15 is 0 Å². The Morgan fingerprint density at radius 2 is 1.73 bits per heavy atom. The molecule has 4 aromatic rings. The minimum atomic E-state index is -1.81. The van der Waals surface area contributed by atoms with Crippen molar-refractivity contribution in [2.45, 2.75) is 58.9 Å². The standard InChI is InChI=1S/C26H33N5OSi/c1-7-19-12-15-22-25(29-19)31(24(30-22)21-9-8-16-28-23(21)27)20-13-10-18(11-14-20)17-32-33(5,6)26(2,3)4/h8-16H,7,17H2,1-6H3,(H2,27,28). The van der Waals surface area contributed by atoms with Crippen LogP contribution in [0.4, 0.5) is 5.82 Å².